The zero-order valence-electron chi connectivity index (χ0n) is 11.2. The summed E-state index contributed by atoms with van der Waals surface area (Å²) in [4.78, 5) is 6.81. The maximum atomic E-state index is 4.49. The van der Waals surface area contributed by atoms with Gasteiger partial charge in [0.1, 0.15) is 0 Å². The van der Waals surface area contributed by atoms with Gasteiger partial charge in [0.2, 0.25) is 0 Å². The van der Waals surface area contributed by atoms with Gasteiger partial charge in [0.05, 0.1) is 5.52 Å². The number of para-hydroxylation sites is 1. The lowest BCUT2D eigenvalue weighted by Gasteiger charge is -2.17. The highest BCUT2D eigenvalue weighted by Crippen LogP contribution is 2.16. The first-order valence-electron chi connectivity index (χ1n) is 6.53. The van der Waals surface area contributed by atoms with Crippen LogP contribution in [0.25, 0.3) is 10.9 Å². The van der Waals surface area contributed by atoms with Gasteiger partial charge < -0.3 is 10.2 Å². The smallest absolute Gasteiger partial charge is 0.0746 e. The van der Waals surface area contributed by atoms with Gasteiger partial charge in [0.15, 0.2) is 0 Å². The van der Waals surface area contributed by atoms with Gasteiger partial charge in [-0.2, -0.15) is 0 Å². The van der Waals surface area contributed by atoms with Crippen LogP contribution < -0.4 is 5.32 Å². The monoisotopic (exact) mass is 243 g/mol. The Kier molecular flexibility index (Phi) is 4.67. The number of pyridine rings is 1. The molecule has 96 valence electrons. The summed E-state index contributed by atoms with van der Waals surface area (Å²) in [6.07, 6.45) is 1.87. The van der Waals surface area contributed by atoms with Crippen LogP contribution in [0.4, 0.5) is 0 Å². The van der Waals surface area contributed by atoms with E-state index in [1.54, 1.807) is 0 Å². The van der Waals surface area contributed by atoms with E-state index in [0.717, 1.165) is 31.7 Å². The molecule has 0 aliphatic carbocycles. The van der Waals surface area contributed by atoms with Crippen LogP contribution in [0.3, 0.4) is 0 Å². The number of rotatable bonds is 6. The van der Waals surface area contributed by atoms with Crippen molar-refractivity contribution in [1.82, 2.24) is 15.2 Å². The average Bonchev–Trinajstić information content (AvgIpc) is 2.39. The summed E-state index contributed by atoms with van der Waals surface area (Å²) in [6.45, 7) is 6.19. The Morgan fingerprint density at radius 1 is 1.22 bits per heavy atom. The average molecular weight is 243 g/mol. The highest BCUT2D eigenvalue weighted by atomic mass is 15.1. The van der Waals surface area contributed by atoms with Crippen molar-refractivity contribution < 1.29 is 0 Å². The lowest BCUT2D eigenvalue weighted by Crippen LogP contribution is -2.28. The van der Waals surface area contributed by atoms with Crippen LogP contribution in [-0.2, 0) is 6.54 Å². The third-order valence-corrected chi connectivity index (χ3v) is 3.08. The molecule has 2 rings (SSSR count). The summed E-state index contributed by atoms with van der Waals surface area (Å²) in [7, 11) is 2.15. The molecule has 0 fully saturated rings. The van der Waals surface area contributed by atoms with Crippen LogP contribution in [0.1, 0.15) is 12.5 Å². The minimum atomic E-state index is 0.944. The van der Waals surface area contributed by atoms with Gasteiger partial charge in [-0.3, -0.25) is 4.98 Å². The molecule has 2 aromatic rings. The van der Waals surface area contributed by atoms with Gasteiger partial charge in [-0.25, -0.2) is 0 Å². The highest BCUT2D eigenvalue weighted by molar-refractivity contribution is 5.81. The van der Waals surface area contributed by atoms with Gasteiger partial charge in [-0.05, 0) is 25.2 Å². The Hall–Kier alpha value is -1.45. The quantitative estimate of drug-likeness (QED) is 0.789. The Morgan fingerprint density at radius 3 is 2.89 bits per heavy atom. The standard InChI is InChI=1S/C15H21N3/c1-3-16-10-11-18(2)12-14-7-4-6-13-8-5-9-17-15(13)14/h4-9,16H,3,10-12H2,1-2H3. The molecule has 3 nitrogen and oxygen atoms in total. The van der Waals surface area contributed by atoms with Crippen molar-refractivity contribution in [3.63, 3.8) is 0 Å². The van der Waals surface area contributed by atoms with Crippen LogP contribution >= 0.6 is 0 Å². The first-order valence-corrected chi connectivity index (χ1v) is 6.53. The molecule has 0 spiro atoms. The molecule has 0 aliphatic heterocycles. The number of fused-ring (bicyclic) bond motifs is 1. The van der Waals surface area contributed by atoms with Gasteiger partial charge >= 0.3 is 0 Å². The minimum Gasteiger partial charge on any atom is -0.316 e. The summed E-state index contributed by atoms with van der Waals surface area (Å²) in [5.41, 5.74) is 2.42. The fourth-order valence-electron chi connectivity index (χ4n) is 2.11. The number of nitrogens with one attached hydrogen (secondary N) is 1. The third-order valence-electron chi connectivity index (χ3n) is 3.08. The second-order valence-corrected chi connectivity index (χ2v) is 4.58. The number of hydrogen-bond donors (Lipinski definition) is 1. The van der Waals surface area contributed by atoms with Gasteiger partial charge in [-0.15, -0.1) is 0 Å². The molecule has 0 unspecified atom stereocenters. The fourth-order valence-corrected chi connectivity index (χ4v) is 2.11. The SMILES string of the molecule is CCNCCN(C)Cc1cccc2cccnc12. The lowest BCUT2D eigenvalue weighted by atomic mass is 10.1. The molecule has 1 N–H and O–H groups in total. The van der Waals surface area contributed by atoms with Gasteiger partial charge in [0.25, 0.3) is 0 Å². The molecule has 0 atom stereocenters. The lowest BCUT2D eigenvalue weighted by molar-refractivity contribution is 0.326. The molecule has 1 heterocycles. The molecule has 0 amide bonds. The highest BCUT2D eigenvalue weighted by Gasteiger charge is 2.04. The van der Waals surface area contributed by atoms with E-state index in [9.17, 15) is 0 Å². The van der Waals surface area contributed by atoms with Crippen molar-refractivity contribution >= 4 is 10.9 Å². The Balaban J connectivity index is 2.07. The van der Waals surface area contributed by atoms with E-state index in [-0.39, 0.29) is 0 Å². The Bertz CT molecular complexity index is 491. The molecule has 3 heteroatoms. The maximum Gasteiger partial charge on any atom is 0.0746 e. The van der Waals surface area contributed by atoms with Crippen molar-refractivity contribution in [2.45, 2.75) is 13.5 Å². The van der Waals surface area contributed by atoms with E-state index in [1.165, 1.54) is 10.9 Å². The van der Waals surface area contributed by atoms with E-state index in [1.807, 2.05) is 12.3 Å². The fraction of sp³-hybridized carbons (Fsp3) is 0.400. The maximum absolute atomic E-state index is 4.49. The van der Waals surface area contributed by atoms with Crippen LogP contribution in [0, 0.1) is 0 Å². The normalized spacial score (nSPS) is 11.3. The van der Waals surface area contributed by atoms with Crippen LogP contribution in [-0.4, -0.2) is 36.6 Å². The van der Waals surface area contributed by atoms with Gasteiger partial charge in [0, 0.05) is 31.2 Å². The molecule has 0 aliphatic rings. The summed E-state index contributed by atoms with van der Waals surface area (Å²) in [5, 5.41) is 4.56. The van der Waals surface area contributed by atoms with Crippen LogP contribution in [0.5, 0.6) is 0 Å². The molecule has 18 heavy (non-hydrogen) atoms. The van der Waals surface area contributed by atoms with Crippen molar-refractivity contribution in [2.75, 3.05) is 26.7 Å². The summed E-state index contributed by atoms with van der Waals surface area (Å²) >= 11 is 0. The molecule has 0 radical (unpaired) electrons. The second kappa shape index (κ2) is 6.47. The summed E-state index contributed by atoms with van der Waals surface area (Å²) in [6, 6.07) is 10.5. The van der Waals surface area contributed by atoms with Crippen LogP contribution in [0.2, 0.25) is 0 Å². The van der Waals surface area contributed by atoms with Crippen molar-refractivity contribution in [1.29, 1.82) is 0 Å². The predicted octanol–water partition coefficient (Wildman–Crippen LogP) is 2.28. The van der Waals surface area contributed by atoms with Crippen molar-refractivity contribution in [3.05, 3.63) is 42.1 Å². The van der Waals surface area contributed by atoms with Crippen LogP contribution in [0.15, 0.2) is 36.5 Å². The molecule has 0 saturated heterocycles. The number of nitrogens with zero attached hydrogens (tertiary/aromatic N) is 2. The predicted molar refractivity (Wildman–Crippen MR) is 76.6 cm³/mol. The minimum absolute atomic E-state index is 0.944. The van der Waals surface area contributed by atoms with E-state index >= 15 is 0 Å². The number of benzene rings is 1. The zero-order chi connectivity index (χ0) is 12.8. The zero-order valence-corrected chi connectivity index (χ0v) is 11.2. The number of hydrogen-bond acceptors (Lipinski definition) is 3. The Labute approximate surface area is 109 Å². The largest absolute Gasteiger partial charge is 0.316 e. The van der Waals surface area contributed by atoms with Crippen molar-refractivity contribution in [2.24, 2.45) is 0 Å². The van der Waals surface area contributed by atoms with Crippen molar-refractivity contribution in [3.8, 4) is 0 Å². The third kappa shape index (κ3) is 3.28. The molecule has 0 saturated carbocycles. The molecular formula is C15H21N3. The molecule has 1 aromatic carbocycles. The first kappa shape index (κ1) is 13.0. The first-order chi connectivity index (χ1) is 8.81. The van der Waals surface area contributed by atoms with Gasteiger partial charge in [-0.1, -0.05) is 31.2 Å². The van der Waals surface area contributed by atoms with E-state index in [2.05, 4.69) is 53.4 Å². The topological polar surface area (TPSA) is 28.2 Å². The number of likely N-dealkylation sites (N-methyl/N-ethyl adjacent to an activating group) is 2. The summed E-state index contributed by atoms with van der Waals surface area (Å²) in [5.74, 6) is 0. The number of aromatic nitrogens is 1. The summed E-state index contributed by atoms with van der Waals surface area (Å²) < 4.78 is 0. The second-order valence-electron chi connectivity index (χ2n) is 4.58. The molecule has 1 aromatic heterocycles. The molecular weight excluding hydrogens is 222 g/mol. The molecule has 0 bridgehead atoms. The Morgan fingerprint density at radius 2 is 2.06 bits per heavy atom. The van der Waals surface area contributed by atoms with E-state index in [4.69, 9.17) is 0 Å². The van der Waals surface area contributed by atoms with E-state index < -0.39 is 0 Å². The van der Waals surface area contributed by atoms with E-state index in [0.29, 0.717) is 0 Å².